The second-order valence-corrected chi connectivity index (χ2v) is 5.35. The molecule has 0 spiro atoms. The molecule has 6 heteroatoms. The van der Waals surface area contributed by atoms with Crippen LogP contribution in [0, 0.1) is 0 Å². The molecule has 0 bridgehead atoms. The minimum Gasteiger partial charge on any atom is -0.485 e. The van der Waals surface area contributed by atoms with Crippen LogP contribution in [0.15, 0.2) is 24.3 Å². The summed E-state index contributed by atoms with van der Waals surface area (Å²) in [6.45, 7) is 1.92. The van der Waals surface area contributed by atoms with Crippen molar-refractivity contribution < 1.29 is 19.1 Å². The van der Waals surface area contributed by atoms with Crippen LogP contribution in [0.1, 0.15) is 17.3 Å². The van der Waals surface area contributed by atoms with E-state index in [0.29, 0.717) is 23.2 Å². The number of carbonyl (C=O) groups excluding carboxylic acids is 2. The van der Waals surface area contributed by atoms with Crippen molar-refractivity contribution in [2.45, 2.75) is 11.8 Å². The molecule has 0 saturated carbocycles. The van der Waals surface area contributed by atoms with E-state index in [1.807, 2.05) is 0 Å². The highest BCUT2D eigenvalue weighted by Gasteiger charge is 2.17. The van der Waals surface area contributed by atoms with E-state index >= 15 is 0 Å². The van der Waals surface area contributed by atoms with E-state index in [2.05, 4.69) is 31.9 Å². The zero-order chi connectivity index (χ0) is 14.3. The van der Waals surface area contributed by atoms with Gasteiger partial charge in [-0.05, 0) is 19.1 Å². The second-order valence-electron chi connectivity index (χ2n) is 3.59. The van der Waals surface area contributed by atoms with Crippen LogP contribution in [-0.4, -0.2) is 35.1 Å². The molecule has 0 aliphatic rings. The monoisotopic (exact) mass is 392 g/mol. The molecular weight excluding hydrogens is 380 g/mol. The van der Waals surface area contributed by atoms with Gasteiger partial charge in [-0.3, -0.25) is 4.79 Å². The summed E-state index contributed by atoms with van der Waals surface area (Å²) in [7, 11) is 0. The third kappa shape index (κ3) is 4.95. The largest absolute Gasteiger partial charge is 0.485 e. The number of halogens is 2. The summed E-state index contributed by atoms with van der Waals surface area (Å²) in [5.74, 6) is -0.208. The summed E-state index contributed by atoms with van der Waals surface area (Å²) >= 11 is 6.42. The van der Waals surface area contributed by atoms with Gasteiger partial charge in [0.05, 0.1) is 11.4 Å². The molecule has 0 heterocycles. The number of Topliss-reactive ketones (excluding diaryl/α,β-unsaturated/α-hetero) is 1. The number of alkyl halides is 2. The van der Waals surface area contributed by atoms with E-state index in [1.54, 1.807) is 31.2 Å². The van der Waals surface area contributed by atoms with Crippen LogP contribution in [0.4, 0.5) is 0 Å². The van der Waals surface area contributed by atoms with Crippen molar-refractivity contribution in [2.24, 2.45) is 0 Å². The second kappa shape index (κ2) is 8.32. The highest BCUT2D eigenvalue weighted by atomic mass is 79.9. The number of benzene rings is 1. The van der Waals surface area contributed by atoms with Crippen LogP contribution in [0.25, 0.3) is 0 Å². The molecule has 1 atom stereocenters. The highest BCUT2D eigenvalue weighted by molar-refractivity contribution is 9.12. The molecule has 1 unspecified atom stereocenters. The molecule has 0 N–H and O–H groups in total. The van der Waals surface area contributed by atoms with E-state index in [-0.39, 0.29) is 17.2 Å². The zero-order valence-electron chi connectivity index (χ0n) is 10.4. The summed E-state index contributed by atoms with van der Waals surface area (Å²) in [6, 6.07) is 6.69. The van der Waals surface area contributed by atoms with Crippen LogP contribution in [-0.2, 0) is 9.53 Å². The number of carbonyl (C=O) groups is 2. The maximum absolute atomic E-state index is 11.7. The van der Waals surface area contributed by atoms with Crippen molar-refractivity contribution in [2.75, 3.05) is 18.5 Å². The average Bonchev–Trinajstić information content (AvgIpc) is 2.44. The Bertz CT molecular complexity index is 448. The third-order valence-electron chi connectivity index (χ3n) is 2.24. The lowest BCUT2D eigenvalue weighted by atomic mass is 10.2. The minimum absolute atomic E-state index is 0.0993. The van der Waals surface area contributed by atoms with Crippen molar-refractivity contribution in [3.63, 3.8) is 0 Å². The number of rotatable bonds is 7. The Morgan fingerprint density at radius 3 is 2.63 bits per heavy atom. The molecule has 0 fully saturated rings. The molecular formula is C13H14Br2O4. The Morgan fingerprint density at radius 1 is 1.32 bits per heavy atom. The maximum atomic E-state index is 11.7. The summed E-state index contributed by atoms with van der Waals surface area (Å²) in [5, 5.41) is 0.509. The lowest BCUT2D eigenvalue weighted by Gasteiger charge is -2.11. The lowest BCUT2D eigenvalue weighted by Crippen LogP contribution is -2.23. The Kier molecular flexibility index (Phi) is 7.09. The summed E-state index contributed by atoms with van der Waals surface area (Å²) in [6.07, 6.45) is 0. The molecule has 104 valence electrons. The Labute approximate surface area is 128 Å². The predicted molar refractivity (Wildman–Crippen MR) is 79.4 cm³/mol. The molecule has 0 aromatic heterocycles. The van der Waals surface area contributed by atoms with E-state index in [4.69, 9.17) is 9.47 Å². The number of para-hydroxylation sites is 1. The van der Waals surface area contributed by atoms with Crippen molar-refractivity contribution in [1.29, 1.82) is 0 Å². The number of esters is 1. The Balaban J connectivity index is 2.73. The van der Waals surface area contributed by atoms with E-state index in [1.165, 1.54) is 0 Å². The molecule has 4 nitrogen and oxygen atoms in total. The van der Waals surface area contributed by atoms with Gasteiger partial charge in [-0.15, -0.1) is 0 Å². The molecule has 1 rings (SSSR count). The lowest BCUT2D eigenvalue weighted by molar-refractivity contribution is -0.120. The molecule has 0 amide bonds. The van der Waals surface area contributed by atoms with E-state index < -0.39 is 5.97 Å². The van der Waals surface area contributed by atoms with Crippen LogP contribution in [0.3, 0.4) is 0 Å². The number of hydrogen-bond acceptors (Lipinski definition) is 4. The van der Waals surface area contributed by atoms with Crippen molar-refractivity contribution in [1.82, 2.24) is 0 Å². The number of ketones is 1. The van der Waals surface area contributed by atoms with E-state index in [0.717, 1.165) is 0 Å². The maximum Gasteiger partial charge on any atom is 0.341 e. The van der Waals surface area contributed by atoms with Crippen LogP contribution in [0.2, 0.25) is 0 Å². The zero-order valence-corrected chi connectivity index (χ0v) is 13.6. The standard InChI is InChI=1S/C13H14Br2O4/c1-2-18-13(17)9-5-3-4-6-12(9)19-8-11(16)10(15)7-14/h3-6,10H,2,7-8H2,1H3. The first kappa shape index (κ1) is 16.2. The Hall–Kier alpha value is -0.880. The molecule has 1 aromatic rings. The fourth-order valence-electron chi connectivity index (χ4n) is 1.30. The van der Waals surface area contributed by atoms with Crippen molar-refractivity contribution in [3.8, 4) is 5.75 Å². The van der Waals surface area contributed by atoms with Gasteiger partial charge in [0.25, 0.3) is 0 Å². The van der Waals surface area contributed by atoms with Gasteiger partial charge in [0, 0.05) is 5.33 Å². The molecule has 0 saturated heterocycles. The van der Waals surface area contributed by atoms with Gasteiger partial charge in [0.15, 0.2) is 5.78 Å². The number of hydrogen-bond donors (Lipinski definition) is 0. The van der Waals surface area contributed by atoms with Crippen LogP contribution < -0.4 is 4.74 Å². The fourth-order valence-corrected chi connectivity index (χ4v) is 1.79. The van der Waals surface area contributed by atoms with Crippen molar-refractivity contribution >= 4 is 43.6 Å². The van der Waals surface area contributed by atoms with Gasteiger partial charge in [0.1, 0.15) is 17.9 Å². The van der Waals surface area contributed by atoms with Crippen LogP contribution in [0.5, 0.6) is 5.75 Å². The normalized spacial score (nSPS) is 11.7. The molecule has 1 aromatic carbocycles. The first-order valence-corrected chi connectivity index (χ1v) is 7.75. The third-order valence-corrected chi connectivity index (χ3v) is 4.59. The summed E-state index contributed by atoms with van der Waals surface area (Å²) in [5.41, 5.74) is 0.321. The topological polar surface area (TPSA) is 52.6 Å². The fraction of sp³-hybridized carbons (Fsp3) is 0.385. The predicted octanol–water partition coefficient (Wildman–Crippen LogP) is 2.97. The van der Waals surface area contributed by atoms with Crippen LogP contribution >= 0.6 is 31.9 Å². The Morgan fingerprint density at radius 2 is 2.00 bits per heavy atom. The first-order chi connectivity index (χ1) is 9.10. The van der Waals surface area contributed by atoms with Gasteiger partial charge in [-0.1, -0.05) is 44.0 Å². The van der Waals surface area contributed by atoms with Gasteiger partial charge in [0.2, 0.25) is 0 Å². The highest BCUT2D eigenvalue weighted by Crippen LogP contribution is 2.19. The van der Waals surface area contributed by atoms with E-state index in [9.17, 15) is 9.59 Å². The summed E-state index contributed by atoms with van der Waals surface area (Å²) in [4.78, 5) is 23.0. The smallest absolute Gasteiger partial charge is 0.341 e. The van der Waals surface area contributed by atoms with Gasteiger partial charge in [-0.25, -0.2) is 4.79 Å². The quantitative estimate of drug-likeness (QED) is 0.527. The van der Waals surface area contributed by atoms with Gasteiger partial charge < -0.3 is 9.47 Å². The SMILES string of the molecule is CCOC(=O)c1ccccc1OCC(=O)C(Br)CBr. The molecule has 0 radical (unpaired) electrons. The minimum atomic E-state index is -0.457. The molecule has 19 heavy (non-hydrogen) atoms. The first-order valence-electron chi connectivity index (χ1n) is 5.71. The van der Waals surface area contributed by atoms with Gasteiger partial charge in [-0.2, -0.15) is 0 Å². The van der Waals surface area contributed by atoms with Gasteiger partial charge >= 0.3 is 5.97 Å². The number of ether oxygens (including phenoxy) is 2. The summed E-state index contributed by atoms with van der Waals surface area (Å²) < 4.78 is 10.3. The average molecular weight is 394 g/mol. The molecule has 0 aliphatic heterocycles. The van der Waals surface area contributed by atoms with Crippen molar-refractivity contribution in [3.05, 3.63) is 29.8 Å². The molecule has 0 aliphatic carbocycles.